The molecule has 230 valence electrons. The van der Waals surface area contributed by atoms with E-state index in [0.717, 1.165) is 0 Å². The van der Waals surface area contributed by atoms with Crippen LogP contribution in [0.5, 0.6) is 0 Å². The molecule has 0 saturated carbocycles. The Kier molecular flexibility index (Phi) is 6.02. The summed E-state index contributed by atoms with van der Waals surface area (Å²) >= 11 is 0. The highest BCUT2D eigenvalue weighted by Gasteiger charge is 2.36. The quantitative estimate of drug-likeness (QED) is 0.172. The van der Waals surface area contributed by atoms with Gasteiger partial charge in [0.15, 0.2) is 0 Å². The minimum atomic E-state index is -0.129. The van der Waals surface area contributed by atoms with Crippen LogP contribution >= 0.6 is 0 Å². The van der Waals surface area contributed by atoms with E-state index in [2.05, 4.69) is 184 Å². The molecule has 0 atom stereocenters. The molecule has 0 aliphatic heterocycles. The summed E-state index contributed by atoms with van der Waals surface area (Å²) in [6.45, 7) is 4.78. The molecule has 9 aromatic carbocycles. The fourth-order valence-electron chi connectivity index (χ4n) is 8.45. The highest BCUT2D eigenvalue weighted by atomic mass is 14.4. The summed E-state index contributed by atoms with van der Waals surface area (Å²) in [7, 11) is 0. The zero-order valence-corrected chi connectivity index (χ0v) is 27.7. The van der Waals surface area contributed by atoms with Crippen molar-refractivity contribution in [3.63, 3.8) is 0 Å². The molecule has 1 aliphatic rings. The second kappa shape index (κ2) is 10.5. The second-order valence-corrected chi connectivity index (χ2v) is 14.1. The van der Waals surface area contributed by atoms with Gasteiger partial charge in [-0.15, -0.1) is 0 Å². The first kappa shape index (κ1) is 28.1. The van der Waals surface area contributed by atoms with E-state index < -0.39 is 0 Å². The highest BCUT2D eigenvalue weighted by Crippen LogP contribution is 2.51. The van der Waals surface area contributed by atoms with E-state index in [4.69, 9.17) is 0 Å². The normalized spacial score (nSPS) is 13.3. The van der Waals surface area contributed by atoms with Crippen LogP contribution in [-0.4, -0.2) is 0 Å². The van der Waals surface area contributed by atoms with Gasteiger partial charge in [-0.25, -0.2) is 0 Å². The maximum absolute atomic E-state index is 2.47. The van der Waals surface area contributed by atoms with Gasteiger partial charge in [-0.1, -0.05) is 147 Å². The lowest BCUT2D eigenvalue weighted by Gasteiger charge is -2.23. The third-order valence-corrected chi connectivity index (χ3v) is 11.0. The smallest absolute Gasteiger partial charge is 0.0159 e. The van der Waals surface area contributed by atoms with Crippen molar-refractivity contribution in [3.8, 4) is 44.5 Å². The Hall–Kier alpha value is -5.98. The lowest BCUT2D eigenvalue weighted by molar-refractivity contribution is 0.661. The summed E-state index contributed by atoms with van der Waals surface area (Å²) in [4.78, 5) is 0. The van der Waals surface area contributed by atoms with Crippen LogP contribution in [0.2, 0.25) is 0 Å². The average Bonchev–Trinajstić information content (AvgIpc) is 3.38. The largest absolute Gasteiger partial charge is 0.0616 e. The van der Waals surface area contributed by atoms with E-state index in [1.807, 2.05) is 0 Å². The van der Waals surface area contributed by atoms with Crippen molar-refractivity contribution in [2.45, 2.75) is 19.3 Å². The summed E-state index contributed by atoms with van der Waals surface area (Å²) in [6.07, 6.45) is 0. The molecule has 0 heteroatoms. The van der Waals surface area contributed by atoms with Crippen molar-refractivity contribution >= 4 is 43.1 Å². The predicted molar refractivity (Wildman–Crippen MR) is 210 cm³/mol. The molecule has 0 aromatic heterocycles. The standard InChI is InChI=1S/C49H34/c1-49(2)47-29-34(33-20-19-31-11-3-4-12-32(31)25-33)21-23-43(47)44-24-22-37(30-48(44)49)45-28-38(26-35-13-5-8-16-40(35)45)46-27-36-14-6-7-15-39(36)41-17-9-10-18-42(41)46/h3-30H,1-2H3. The van der Waals surface area contributed by atoms with Crippen LogP contribution < -0.4 is 0 Å². The molecular formula is C49H34. The maximum Gasteiger partial charge on any atom is 0.0159 e. The van der Waals surface area contributed by atoms with Gasteiger partial charge in [0.05, 0.1) is 0 Å². The number of hydrogen-bond acceptors (Lipinski definition) is 0. The fraction of sp³-hybridized carbons (Fsp3) is 0.0612. The van der Waals surface area contributed by atoms with E-state index in [0.29, 0.717) is 0 Å². The Morgan fingerprint density at radius 1 is 0.286 bits per heavy atom. The SMILES string of the molecule is CC1(C)c2cc(-c3ccc4ccccc4c3)ccc2-c2ccc(-c3cc(-c4cc5ccccc5c5ccccc45)cc4ccccc34)cc21. The van der Waals surface area contributed by atoms with Gasteiger partial charge >= 0.3 is 0 Å². The molecule has 0 fully saturated rings. The molecule has 9 aromatic rings. The molecule has 0 amide bonds. The molecule has 0 spiro atoms. The van der Waals surface area contributed by atoms with Crippen molar-refractivity contribution in [2.24, 2.45) is 0 Å². The molecule has 0 nitrogen and oxygen atoms in total. The van der Waals surface area contributed by atoms with E-state index in [-0.39, 0.29) is 5.41 Å². The van der Waals surface area contributed by atoms with Crippen molar-refractivity contribution in [1.29, 1.82) is 0 Å². The van der Waals surface area contributed by atoms with Gasteiger partial charge in [-0.05, 0) is 135 Å². The van der Waals surface area contributed by atoms with Crippen molar-refractivity contribution in [2.75, 3.05) is 0 Å². The zero-order chi connectivity index (χ0) is 32.7. The third kappa shape index (κ3) is 4.31. The minimum Gasteiger partial charge on any atom is -0.0616 e. The summed E-state index contributed by atoms with van der Waals surface area (Å²) in [5.74, 6) is 0. The third-order valence-electron chi connectivity index (χ3n) is 11.0. The Balaban J connectivity index is 1.13. The number of hydrogen-bond donors (Lipinski definition) is 0. The number of fused-ring (bicyclic) bond motifs is 8. The first-order chi connectivity index (χ1) is 24.0. The molecule has 49 heavy (non-hydrogen) atoms. The minimum absolute atomic E-state index is 0.129. The number of benzene rings is 9. The van der Waals surface area contributed by atoms with E-state index >= 15 is 0 Å². The average molecular weight is 623 g/mol. The monoisotopic (exact) mass is 622 g/mol. The van der Waals surface area contributed by atoms with Crippen LogP contribution in [0.1, 0.15) is 25.0 Å². The molecule has 0 bridgehead atoms. The van der Waals surface area contributed by atoms with E-state index in [1.165, 1.54) is 98.7 Å². The van der Waals surface area contributed by atoms with Gasteiger partial charge in [0.25, 0.3) is 0 Å². The van der Waals surface area contributed by atoms with E-state index in [1.54, 1.807) is 0 Å². The van der Waals surface area contributed by atoms with Crippen molar-refractivity contribution in [3.05, 3.63) is 181 Å². The summed E-state index contributed by atoms with van der Waals surface area (Å²) < 4.78 is 0. The lowest BCUT2D eigenvalue weighted by Crippen LogP contribution is -2.15. The molecule has 1 aliphatic carbocycles. The van der Waals surface area contributed by atoms with Gasteiger partial charge < -0.3 is 0 Å². The molecule has 0 saturated heterocycles. The van der Waals surface area contributed by atoms with Gasteiger partial charge in [0.2, 0.25) is 0 Å². The Bertz CT molecular complexity index is 2800. The molecule has 0 N–H and O–H groups in total. The molecule has 0 unspecified atom stereocenters. The number of rotatable bonds is 3. The van der Waals surface area contributed by atoms with Crippen LogP contribution in [0, 0.1) is 0 Å². The van der Waals surface area contributed by atoms with Crippen LogP contribution in [0.3, 0.4) is 0 Å². The zero-order valence-electron chi connectivity index (χ0n) is 27.7. The molecule has 10 rings (SSSR count). The lowest BCUT2D eigenvalue weighted by atomic mass is 9.80. The molecule has 0 radical (unpaired) electrons. The van der Waals surface area contributed by atoms with Crippen LogP contribution in [0.4, 0.5) is 0 Å². The van der Waals surface area contributed by atoms with E-state index in [9.17, 15) is 0 Å². The van der Waals surface area contributed by atoms with Gasteiger partial charge in [0, 0.05) is 5.41 Å². The topological polar surface area (TPSA) is 0 Å². The summed E-state index contributed by atoms with van der Waals surface area (Å²) in [5, 5.41) is 10.2. The predicted octanol–water partition coefficient (Wildman–Crippen LogP) is 13.6. The van der Waals surface area contributed by atoms with Crippen LogP contribution in [-0.2, 0) is 5.41 Å². The maximum atomic E-state index is 2.47. The Morgan fingerprint density at radius 3 is 1.53 bits per heavy atom. The van der Waals surface area contributed by atoms with Crippen molar-refractivity contribution in [1.82, 2.24) is 0 Å². The highest BCUT2D eigenvalue weighted by molar-refractivity contribution is 6.15. The summed E-state index contributed by atoms with van der Waals surface area (Å²) in [6, 6.07) is 63.3. The summed E-state index contributed by atoms with van der Waals surface area (Å²) in [5.41, 5.74) is 12.9. The molecular weight excluding hydrogens is 589 g/mol. The second-order valence-electron chi connectivity index (χ2n) is 14.1. The van der Waals surface area contributed by atoms with Crippen LogP contribution in [0.15, 0.2) is 170 Å². The van der Waals surface area contributed by atoms with Crippen LogP contribution in [0.25, 0.3) is 87.6 Å². The first-order valence-electron chi connectivity index (χ1n) is 17.3. The first-order valence-corrected chi connectivity index (χ1v) is 17.3. The molecule has 0 heterocycles. The van der Waals surface area contributed by atoms with Gasteiger partial charge in [-0.2, -0.15) is 0 Å². The van der Waals surface area contributed by atoms with Gasteiger partial charge in [0.1, 0.15) is 0 Å². The Labute approximate surface area is 286 Å². The van der Waals surface area contributed by atoms with Crippen molar-refractivity contribution < 1.29 is 0 Å². The van der Waals surface area contributed by atoms with Gasteiger partial charge in [-0.3, -0.25) is 0 Å². The Morgan fingerprint density at radius 2 is 0.776 bits per heavy atom. The fourth-order valence-corrected chi connectivity index (χ4v) is 8.45.